The summed E-state index contributed by atoms with van der Waals surface area (Å²) in [6.45, 7) is 0. The molecule has 82 valence electrons. The summed E-state index contributed by atoms with van der Waals surface area (Å²) in [6.07, 6.45) is 1.74. The molecule has 0 aliphatic heterocycles. The molecule has 2 aromatic rings. The van der Waals surface area contributed by atoms with Gasteiger partial charge in [0.15, 0.2) is 0 Å². The van der Waals surface area contributed by atoms with Crippen molar-refractivity contribution in [3.63, 3.8) is 0 Å². The largest absolute Gasteiger partial charge is 0.384 e. The number of nitrogens with zero attached hydrogens (tertiary/aromatic N) is 1. The summed E-state index contributed by atoms with van der Waals surface area (Å²) in [6, 6.07) is 12.1. The molecular weight excluding hydrogens is 284 g/mol. The van der Waals surface area contributed by atoms with Crippen molar-refractivity contribution in [1.82, 2.24) is 4.98 Å². The zero-order chi connectivity index (χ0) is 11.4. The molecule has 0 atom stereocenters. The Morgan fingerprint density at radius 1 is 1.25 bits per heavy atom. The molecule has 0 spiro atoms. The van der Waals surface area contributed by atoms with Crippen LogP contribution in [0.2, 0.25) is 0 Å². The van der Waals surface area contributed by atoms with Gasteiger partial charge in [-0.1, -0.05) is 12.1 Å². The van der Waals surface area contributed by atoms with Crippen LogP contribution in [0.1, 0.15) is 5.56 Å². The Hall–Kier alpha value is -1.00. The lowest BCUT2D eigenvalue weighted by molar-refractivity contribution is 1.27. The van der Waals surface area contributed by atoms with Gasteiger partial charge in [-0.3, -0.25) is 0 Å². The predicted octanol–water partition coefficient (Wildman–Crippen LogP) is 3.72. The summed E-state index contributed by atoms with van der Waals surface area (Å²) in [5.74, 6) is 1.47. The molecule has 1 aromatic heterocycles. The second-order valence-corrected chi connectivity index (χ2v) is 5.18. The van der Waals surface area contributed by atoms with Gasteiger partial charge in [0.2, 0.25) is 0 Å². The van der Waals surface area contributed by atoms with E-state index in [1.807, 2.05) is 30.3 Å². The molecule has 2 rings (SSSR count). The van der Waals surface area contributed by atoms with Crippen LogP contribution in [0.15, 0.2) is 52.0 Å². The summed E-state index contributed by atoms with van der Waals surface area (Å²) >= 11 is 5.31. The van der Waals surface area contributed by atoms with Gasteiger partial charge in [-0.15, -0.1) is 11.8 Å². The Balaban J connectivity index is 2.05. The Bertz CT molecular complexity index is 488. The van der Waals surface area contributed by atoms with Gasteiger partial charge < -0.3 is 5.73 Å². The lowest BCUT2D eigenvalue weighted by Gasteiger charge is -2.04. The fourth-order valence-electron chi connectivity index (χ4n) is 1.31. The third-order valence-electron chi connectivity index (χ3n) is 2.08. The van der Waals surface area contributed by atoms with Crippen molar-refractivity contribution in [1.29, 1.82) is 0 Å². The van der Waals surface area contributed by atoms with Crippen molar-refractivity contribution in [3.05, 3.63) is 52.6 Å². The molecule has 0 aliphatic carbocycles. The second kappa shape index (κ2) is 5.37. The smallest absolute Gasteiger partial charge is 0.123 e. The summed E-state index contributed by atoms with van der Waals surface area (Å²) < 4.78 is 1.13. The molecule has 16 heavy (non-hydrogen) atoms. The second-order valence-electron chi connectivity index (χ2n) is 3.31. The molecule has 0 unspecified atom stereocenters. The summed E-state index contributed by atoms with van der Waals surface area (Å²) in [5, 5.41) is 0. The molecule has 0 bridgehead atoms. The van der Waals surface area contributed by atoms with Crippen LogP contribution in [-0.4, -0.2) is 4.98 Å². The maximum atomic E-state index is 5.63. The maximum Gasteiger partial charge on any atom is 0.123 e. The zero-order valence-corrected chi connectivity index (χ0v) is 11.0. The summed E-state index contributed by atoms with van der Waals surface area (Å²) in [4.78, 5) is 5.21. The fourth-order valence-corrected chi connectivity index (χ4v) is 2.82. The molecule has 0 amide bonds. The number of halogens is 1. The number of aromatic nitrogens is 1. The number of rotatable bonds is 3. The van der Waals surface area contributed by atoms with Crippen LogP contribution in [0, 0.1) is 0 Å². The summed E-state index contributed by atoms with van der Waals surface area (Å²) in [7, 11) is 0. The van der Waals surface area contributed by atoms with Gasteiger partial charge in [-0.05, 0) is 45.8 Å². The number of hydrogen-bond donors (Lipinski definition) is 1. The van der Waals surface area contributed by atoms with E-state index < -0.39 is 0 Å². The zero-order valence-electron chi connectivity index (χ0n) is 8.56. The monoisotopic (exact) mass is 294 g/mol. The number of thioether (sulfide) groups is 1. The Morgan fingerprint density at radius 2 is 2.06 bits per heavy atom. The molecule has 0 aliphatic rings. The molecular formula is C12H11BrN2S. The highest BCUT2D eigenvalue weighted by molar-refractivity contribution is 9.10. The average molecular weight is 295 g/mol. The lowest BCUT2D eigenvalue weighted by Crippen LogP contribution is -1.90. The van der Waals surface area contributed by atoms with Crippen molar-refractivity contribution < 1.29 is 0 Å². The maximum absolute atomic E-state index is 5.63. The number of benzene rings is 1. The van der Waals surface area contributed by atoms with Gasteiger partial charge in [-0.2, -0.15) is 0 Å². The van der Waals surface area contributed by atoms with Crippen LogP contribution < -0.4 is 5.73 Å². The van der Waals surface area contributed by atoms with Gasteiger partial charge in [0, 0.05) is 21.3 Å². The molecule has 4 heteroatoms. The first kappa shape index (κ1) is 11.5. The van der Waals surface area contributed by atoms with Gasteiger partial charge in [0.1, 0.15) is 5.82 Å². The highest BCUT2D eigenvalue weighted by atomic mass is 79.9. The lowest BCUT2D eigenvalue weighted by atomic mass is 10.3. The first-order valence-electron chi connectivity index (χ1n) is 4.83. The molecule has 0 saturated carbocycles. The Morgan fingerprint density at radius 3 is 2.81 bits per heavy atom. The van der Waals surface area contributed by atoms with Crippen molar-refractivity contribution in [2.75, 3.05) is 5.73 Å². The van der Waals surface area contributed by atoms with E-state index in [1.54, 1.807) is 18.0 Å². The number of nitrogen functional groups attached to an aromatic ring is 1. The average Bonchev–Trinajstić information content (AvgIpc) is 2.28. The number of anilines is 1. The van der Waals surface area contributed by atoms with E-state index >= 15 is 0 Å². The Kier molecular flexibility index (Phi) is 3.85. The van der Waals surface area contributed by atoms with E-state index in [-0.39, 0.29) is 0 Å². The quantitative estimate of drug-likeness (QED) is 0.877. The van der Waals surface area contributed by atoms with Crippen LogP contribution in [0.4, 0.5) is 5.82 Å². The van der Waals surface area contributed by atoms with Crippen molar-refractivity contribution >= 4 is 33.5 Å². The van der Waals surface area contributed by atoms with Gasteiger partial charge in [0.05, 0.1) is 0 Å². The van der Waals surface area contributed by atoms with Crippen LogP contribution in [0.25, 0.3) is 0 Å². The van der Waals surface area contributed by atoms with Crippen molar-refractivity contribution in [2.24, 2.45) is 0 Å². The van der Waals surface area contributed by atoms with E-state index in [1.165, 1.54) is 10.5 Å². The van der Waals surface area contributed by atoms with Crippen LogP contribution >= 0.6 is 27.7 Å². The van der Waals surface area contributed by atoms with Crippen LogP contribution in [0.5, 0.6) is 0 Å². The number of hydrogen-bond acceptors (Lipinski definition) is 3. The standard InChI is InChI=1S/C12H11BrN2S/c13-10-3-1-2-4-11(10)16-8-9-5-6-15-12(14)7-9/h1-7H,8H2,(H2,14,15). The fraction of sp³-hybridized carbons (Fsp3) is 0.0833. The summed E-state index contributed by atoms with van der Waals surface area (Å²) in [5.41, 5.74) is 6.82. The molecule has 0 saturated heterocycles. The highest BCUT2D eigenvalue weighted by Gasteiger charge is 2.00. The third kappa shape index (κ3) is 3.00. The van der Waals surface area contributed by atoms with Crippen molar-refractivity contribution in [3.8, 4) is 0 Å². The number of pyridine rings is 1. The molecule has 0 fully saturated rings. The predicted molar refractivity (Wildman–Crippen MR) is 72.4 cm³/mol. The van der Waals surface area contributed by atoms with E-state index in [0.717, 1.165) is 10.2 Å². The molecule has 2 nitrogen and oxygen atoms in total. The first-order chi connectivity index (χ1) is 7.75. The van der Waals surface area contributed by atoms with Crippen LogP contribution in [0.3, 0.4) is 0 Å². The topological polar surface area (TPSA) is 38.9 Å². The van der Waals surface area contributed by atoms with Gasteiger partial charge in [-0.25, -0.2) is 4.98 Å². The van der Waals surface area contributed by atoms with E-state index in [4.69, 9.17) is 5.73 Å². The highest BCUT2D eigenvalue weighted by Crippen LogP contribution is 2.29. The normalized spacial score (nSPS) is 10.3. The van der Waals surface area contributed by atoms with E-state index in [9.17, 15) is 0 Å². The van der Waals surface area contributed by atoms with E-state index in [2.05, 4.69) is 27.0 Å². The van der Waals surface area contributed by atoms with E-state index in [0.29, 0.717) is 5.82 Å². The minimum Gasteiger partial charge on any atom is -0.384 e. The van der Waals surface area contributed by atoms with Crippen LogP contribution in [-0.2, 0) is 5.75 Å². The molecule has 1 aromatic carbocycles. The molecule has 0 radical (unpaired) electrons. The number of nitrogens with two attached hydrogens (primary N) is 1. The third-order valence-corrected chi connectivity index (χ3v) is 4.18. The Labute approximate surface area is 107 Å². The van der Waals surface area contributed by atoms with Gasteiger partial charge in [0.25, 0.3) is 0 Å². The SMILES string of the molecule is Nc1cc(CSc2ccccc2Br)ccn1. The van der Waals surface area contributed by atoms with Crippen molar-refractivity contribution in [2.45, 2.75) is 10.6 Å². The molecule has 1 heterocycles. The first-order valence-corrected chi connectivity index (χ1v) is 6.61. The minimum absolute atomic E-state index is 0.574. The minimum atomic E-state index is 0.574. The molecule has 2 N–H and O–H groups in total. The van der Waals surface area contributed by atoms with Gasteiger partial charge >= 0.3 is 0 Å².